The van der Waals surface area contributed by atoms with E-state index in [0.29, 0.717) is 41.8 Å². The molecule has 6 aromatic carbocycles. The largest absolute Gasteiger partial charge is 0.507 e. The molecule has 14 nitrogen and oxygen atoms in total. The molecule has 0 saturated heterocycles. The van der Waals surface area contributed by atoms with Gasteiger partial charge in [0.05, 0.1) is 35.7 Å². The number of aldehydes is 1. The highest BCUT2D eigenvalue weighted by Crippen LogP contribution is 2.30. The summed E-state index contributed by atoms with van der Waals surface area (Å²) in [5, 5.41) is 31.8. The summed E-state index contributed by atoms with van der Waals surface area (Å²) < 4.78 is 16.5. The summed E-state index contributed by atoms with van der Waals surface area (Å²) in [7, 11) is 0. The zero-order valence-corrected chi connectivity index (χ0v) is 31.8. The molecule has 0 fully saturated rings. The third-order valence-corrected chi connectivity index (χ3v) is 9.43. The van der Waals surface area contributed by atoms with Gasteiger partial charge in [0, 0.05) is 29.8 Å². The van der Waals surface area contributed by atoms with Crippen LogP contribution in [0.25, 0.3) is 0 Å². The van der Waals surface area contributed by atoms with Crippen LogP contribution in [0.4, 0.5) is 22.7 Å². The lowest BCUT2D eigenvalue weighted by molar-refractivity contribution is 0.0496. The number of aromatic hydroxyl groups is 2. The van der Waals surface area contributed by atoms with Crippen molar-refractivity contribution < 1.29 is 48.4 Å². The number of esters is 2. The molecule has 1 heterocycles. The van der Waals surface area contributed by atoms with Crippen molar-refractivity contribution in [1.82, 2.24) is 0 Å². The van der Waals surface area contributed by atoms with Gasteiger partial charge in [0.15, 0.2) is 13.0 Å². The lowest BCUT2D eigenvalue weighted by atomic mass is 10.1. The van der Waals surface area contributed by atoms with Gasteiger partial charge in [0.2, 0.25) is 0 Å². The maximum absolute atomic E-state index is 12.9. The quantitative estimate of drug-likeness (QED) is 0.0547. The van der Waals surface area contributed by atoms with E-state index in [1.54, 1.807) is 78.9 Å². The van der Waals surface area contributed by atoms with E-state index in [2.05, 4.69) is 15.5 Å². The highest BCUT2D eigenvalue weighted by Gasteiger charge is 2.26. The Balaban J connectivity index is 0.889. The van der Waals surface area contributed by atoms with Crippen LogP contribution in [0.3, 0.4) is 0 Å². The van der Waals surface area contributed by atoms with Crippen LogP contribution in [0, 0.1) is 0 Å². The Morgan fingerprint density at radius 1 is 0.683 bits per heavy atom. The van der Waals surface area contributed by atoms with E-state index in [9.17, 15) is 34.2 Å². The number of carbonyl (C=O) groups is 5. The van der Waals surface area contributed by atoms with Crippen molar-refractivity contribution in [3.05, 3.63) is 172 Å². The normalized spacial score (nSPS) is 12.0. The minimum absolute atomic E-state index is 0.00629. The number of rotatable bonds is 14. The number of benzene rings is 6. The number of nitrogens with one attached hydrogen (secondary N) is 1. The van der Waals surface area contributed by atoms with Crippen molar-refractivity contribution in [2.45, 2.75) is 12.8 Å². The van der Waals surface area contributed by atoms with Gasteiger partial charge in [-0.15, -0.1) is 0 Å². The molecule has 0 saturated carbocycles. The molecule has 6 aromatic rings. The molecular weight excluding hydrogens is 769 g/mol. The summed E-state index contributed by atoms with van der Waals surface area (Å²) in [4.78, 5) is 64.2. The van der Waals surface area contributed by atoms with Gasteiger partial charge >= 0.3 is 11.9 Å². The van der Waals surface area contributed by atoms with Crippen molar-refractivity contribution in [2.75, 3.05) is 30.2 Å². The van der Waals surface area contributed by atoms with Gasteiger partial charge in [-0.05, 0) is 90.0 Å². The average Bonchev–Trinajstić information content (AvgIpc) is 3.27. The number of azo groups is 1. The summed E-state index contributed by atoms with van der Waals surface area (Å²) in [6.45, 7) is 0.0988. The number of hydrogen-bond donors (Lipinski definition) is 3. The topological polar surface area (TPSA) is 193 Å². The average molecular weight is 805 g/mol. The number of hydrogen-bond acceptors (Lipinski definition) is 12. The lowest BCUT2D eigenvalue weighted by Crippen LogP contribution is -2.38. The third-order valence-electron chi connectivity index (χ3n) is 9.43. The molecule has 300 valence electrons. The van der Waals surface area contributed by atoms with Crippen molar-refractivity contribution >= 4 is 52.8 Å². The van der Waals surface area contributed by atoms with Crippen molar-refractivity contribution in [2.24, 2.45) is 10.2 Å². The van der Waals surface area contributed by atoms with Gasteiger partial charge in [-0.25, -0.2) is 9.59 Å². The number of phenolic OH excluding ortho intramolecular Hbond substituents is 2. The number of ether oxygens (including phenoxy) is 3. The summed E-state index contributed by atoms with van der Waals surface area (Å²) in [6, 6.07) is 35.7. The first-order valence-electron chi connectivity index (χ1n) is 18.7. The highest BCUT2D eigenvalue weighted by atomic mass is 16.5. The SMILES string of the molecule is O=Cc1ccccc1C(=O)Nc1ccc(CCOC(=O)c2cc(/N=N/c3ccc(O)c(C(=O)OCCc4ccc(N5COc6ccccc6C5=O)cc4)c3)ccc2O)cc1. The van der Waals surface area contributed by atoms with Crippen LogP contribution >= 0.6 is 0 Å². The van der Waals surface area contributed by atoms with Crippen LogP contribution in [0.1, 0.15) is 62.9 Å². The van der Waals surface area contributed by atoms with E-state index >= 15 is 0 Å². The maximum atomic E-state index is 12.9. The smallest absolute Gasteiger partial charge is 0.342 e. The molecule has 0 bridgehead atoms. The van der Waals surface area contributed by atoms with E-state index in [1.807, 2.05) is 18.2 Å². The molecule has 1 aliphatic rings. The fourth-order valence-corrected chi connectivity index (χ4v) is 6.19. The molecule has 0 aromatic heterocycles. The van der Waals surface area contributed by atoms with E-state index in [-0.39, 0.29) is 71.0 Å². The van der Waals surface area contributed by atoms with Crippen LogP contribution in [-0.2, 0) is 22.3 Å². The van der Waals surface area contributed by atoms with E-state index in [4.69, 9.17) is 14.2 Å². The molecule has 7 rings (SSSR count). The van der Waals surface area contributed by atoms with Gasteiger partial charge in [-0.2, -0.15) is 10.2 Å². The number of anilines is 2. The third kappa shape index (κ3) is 9.52. The zero-order valence-electron chi connectivity index (χ0n) is 31.8. The molecule has 60 heavy (non-hydrogen) atoms. The predicted molar refractivity (Wildman–Crippen MR) is 220 cm³/mol. The molecule has 3 N–H and O–H groups in total. The fourth-order valence-electron chi connectivity index (χ4n) is 6.19. The second-order valence-electron chi connectivity index (χ2n) is 13.4. The Morgan fingerprint density at radius 3 is 1.83 bits per heavy atom. The minimum Gasteiger partial charge on any atom is -0.507 e. The molecule has 0 spiro atoms. The van der Waals surface area contributed by atoms with Crippen molar-refractivity contribution in [1.29, 1.82) is 0 Å². The Kier molecular flexibility index (Phi) is 12.3. The molecule has 2 amide bonds. The molecule has 0 aliphatic carbocycles. The molecule has 0 radical (unpaired) electrons. The second kappa shape index (κ2) is 18.4. The van der Waals surface area contributed by atoms with Crippen LogP contribution in [0.15, 0.2) is 144 Å². The van der Waals surface area contributed by atoms with Crippen LogP contribution in [0.5, 0.6) is 17.2 Å². The molecule has 0 unspecified atom stereocenters. The van der Waals surface area contributed by atoms with Gasteiger partial charge in [0.25, 0.3) is 11.8 Å². The van der Waals surface area contributed by atoms with Crippen LogP contribution in [-0.4, -0.2) is 60.2 Å². The summed E-state index contributed by atoms with van der Waals surface area (Å²) >= 11 is 0. The number of amides is 2. The summed E-state index contributed by atoms with van der Waals surface area (Å²) in [5.41, 5.74) is 4.05. The number of fused-ring (bicyclic) bond motifs is 1. The Bertz CT molecular complexity index is 2610. The van der Waals surface area contributed by atoms with Gasteiger partial charge in [-0.1, -0.05) is 54.6 Å². The molecule has 0 atom stereocenters. The number of para-hydroxylation sites is 1. The Hall–Kier alpha value is -8.13. The first-order chi connectivity index (χ1) is 29.2. The Morgan fingerprint density at radius 2 is 1.23 bits per heavy atom. The summed E-state index contributed by atoms with van der Waals surface area (Å²) in [5.74, 6) is -2.22. The van der Waals surface area contributed by atoms with Gasteiger partial charge < -0.3 is 29.7 Å². The number of phenols is 2. The van der Waals surface area contributed by atoms with Gasteiger partial charge in [-0.3, -0.25) is 19.3 Å². The number of nitrogens with zero attached hydrogens (tertiary/aromatic N) is 3. The van der Waals surface area contributed by atoms with E-state index in [1.165, 1.54) is 41.3 Å². The zero-order chi connectivity index (χ0) is 42.0. The maximum Gasteiger partial charge on any atom is 0.342 e. The minimum atomic E-state index is -0.786. The predicted octanol–water partition coefficient (Wildman–Crippen LogP) is 8.37. The monoisotopic (exact) mass is 804 g/mol. The van der Waals surface area contributed by atoms with Gasteiger partial charge in [0.1, 0.15) is 28.4 Å². The first kappa shape index (κ1) is 40.1. The van der Waals surface area contributed by atoms with Crippen LogP contribution < -0.4 is 15.0 Å². The molecular formula is C46H36N4O10. The van der Waals surface area contributed by atoms with E-state index in [0.717, 1.165) is 11.1 Å². The second-order valence-corrected chi connectivity index (χ2v) is 13.4. The highest BCUT2D eigenvalue weighted by molar-refractivity contribution is 6.09. The van der Waals surface area contributed by atoms with Crippen molar-refractivity contribution in [3.8, 4) is 17.2 Å². The number of carbonyl (C=O) groups excluding carboxylic acids is 5. The molecule has 14 heteroatoms. The molecule has 1 aliphatic heterocycles. The van der Waals surface area contributed by atoms with Crippen molar-refractivity contribution in [3.63, 3.8) is 0 Å². The standard InChI is InChI=1S/C46H36N4O10/c51-27-31-5-1-2-6-36(31)43(54)47-32-13-9-29(10-14-32)21-23-58-45(56)38-25-33(15-19-40(38)52)48-49-34-16-20-41(53)39(26-34)46(57)59-24-22-30-11-17-35(18-12-30)50-28-60-42-8-4-3-7-37(42)44(50)55/h1-20,25-27,52-53H,21-24,28H2,(H,47,54)/b49-48+. The first-order valence-corrected chi connectivity index (χ1v) is 18.7. The van der Waals surface area contributed by atoms with E-state index < -0.39 is 17.8 Å². The summed E-state index contributed by atoms with van der Waals surface area (Å²) in [6.07, 6.45) is 1.35. The fraction of sp³-hybridized carbons (Fsp3) is 0.109. The Labute approximate surface area is 343 Å². The van der Waals surface area contributed by atoms with Crippen LogP contribution in [0.2, 0.25) is 0 Å². The lowest BCUT2D eigenvalue weighted by Gasteiger charge is -2.28.